The van der Waals surface area contributed by atoms with Gasteiger partial charge in [0.1, 0.15) is 40.9 Å². The Morgan fingerprint density at radius 3 is 2.94 bits per heavy atom. The Balaban J connectivity index is 1.17. The van der Waals surface area contributed by atoms with Gasteiger partial charge in [-0.25, -0.2) is 13.8 Å². The number of terminal acetylenes is 1. The van der Waals surface area contributed by atoms with Crippen molar-refractivity contribution < 1.29 is 18.3 Å². The van der Waals surface area contributed by atoms with Gasteiger partial charge in [0, 0.05) is 42.2 Å². The first kappa shape index (κ1) is 27.8. The average molecular weight is 633 g/mol. The number of aromatic nitrogens is 3. The smallest absolute Gasteiger partial charge is 0.319 e. The summed E-state index contributed by atoms with van der Waals surface area (Å²) in [4.78, 5) is 19.4. The molecule has 2 bridgehead atoms. The lowest BCUT2D eigenvalue weighted by atomic mass is 9.92. The van der Waals surface area contributed by atoms with Gasteiger partial charge in [-0.2, -0.15) is 9.97 Å². The molecule has 4 aromatic rings. The van der Waals surface area contributed by atoms with E-state index in [2.05, 4.69) is 27.6 Å². The highest BCUT2D eigenvalue weighted by Gasteiger charge is 2.62. The molecule has 4 saturated heterocycles. The predicted molar refractivity (Wildman–Crippen MR) is 174 cm³/mol. The highest BCUT2D eigenvalue weighted by Crippen LogP contribution is 2.57. The maximum absolute atomic E-state index is 17.1. The minimum Gasteiger partial charge on any atom is -0.472 e. The van der Waals surface area contributed by atoms with E-state index in [1.807, 2.05) is 13.0 Å². The van der Waals surface area contributed by atoms with E-state index in [4.69, 9.17) is 30.8 Å². The number of halogens is 2. The number of hydrogen-bond acceptors (Lipinski definition) is 8. The van der Waals surface area contributed by atoms with Gasteiger partial charge in [-0.05, 0) is 56.4 Å². The summed E-state index contributed by atoms with van der Waals surface area (Å²) in [6, 6.07) is 9.48. The first-order chi connectivity index (χ1) is 22.8. The van der Waals surface area contributed by atoms with E-state index >= 15 is 4.39 Å². The average Bonchev–Trinajstić information content (AvgIpc) is 3.49. The van der Waals surface area contributed by atoms with Crippen LogP contribution < -0.4 is 19.7 Å². The summed E-state index contributed by atoms with van der Waals surface area (Å²) >= 11 is 0. The second kappa shape index (κ2) is 9.61. The molecule has 10 heteroatoms. The SMILES string of the molecule is C#Cc1c(F)ccc2cccc(-c3nc4c5c(nc(OCC67CC(=C)CN6[C@@H]6C[C@@H]6C7)nc5c3F)N3C[C@H]5CC[C@H](N5)[C@H]3[C@H](C)O4)c12. The zero-order valence-electron chi connectivity index (χ0n) is 26.1. The fraction of sp³-hybridized carbons (Fsp3) is 0.432. The molecule has 0 radical (unpaired) electrons. The number of ether oxygens (including phenoxy) is 2. The van der Waals surface area contributed by atoms with Crippen molar-refractivity contribution in [3.05, 3.63) is 59.7 Å². The van der Waals surface area contributed by atoms with Crippen LogP contribution in [-0.2, 0) is 0 Å². The standard InChI is InChI=1S/C37H34F2N6O2/c1-4-23-25(38)10-8-20-6-5-7-24(28(20)23)31-30(39)32-29-34(44-16-22-9-11-26(40-22)33(44)19(3)47-35(29)41-31)43-36(42-32)46-17-37-13-18(2)15-45(37)27-12-21(27)14-37/h1,5-8,10,19,21-22,26-27,33,40H,2,9,11-17H2,3H3/t19-,21+,22+,26-,27+,33+,37?/m0/s1. The maximum atomic E-state index is 17.1. The first-order valence-corrected chi connectivity index (χ1v) is 16.7. The molecule has 8 nitrogen and oxygen atoms in total. The number of rotatable bonds is 4. The van der Waals surface area contributed by atoms with Crippen molar-refractivity contribution >= 4 is 27.5 Å². The Kier molecular flexibility index (Phi) is 5.68. The number of benzene rings is 2. The van der Waals surface area contributed by atoms with Gasteiger partial charge >= 0.3 is 6.01 Å². The fourth-order valence-electron chi connectivity index (χ4n) is 9.63. The van der Waals surface area contributed by atoms with Crippen LogP contribution >= 0.6 is 0 Å². The highest BCUT2D eigenvalue weighted by molar-refractivity contribution is 6.03. The van der Waals surface area contributed by atoms with Crippen molar-refractivity contribution in [1.29, 1.82) is 0 Å². The third kappa shape index (κ3) is 3.90. The Morgan fingerprint density at radius 1 is 1.17 bits per heavy atom. The number of anilines is 1. The first-order valence-electron chi connectivity index (χ1n) is 16.7. The Morgan fingerprint density at radius 2 is 2.06 bits per heavy atom. The van der Waals surface area contributed by atoms with Crippen molar-refractivity contribution in [3.8, 4) is 35.5 Å². The number of fused-ring (bicyclic) bond motifs is 9. The second-order valence-corrected chi connectivity index (χ2v) is 14.5. The minimum absolute atomic E-state index is 0.00439. The molecule has 47 heavy (non-hydrogen) atoms. The normalized spacial score (nSPS) is 31.7. The van der Waals surface area contributed by atoms with Crippen molar-refractivity contribution in [2.75, 3.05) is 24.6 Å². The van der Waals surface area contributed by atoms with Crippen LogP contribution in [0.2, 0.25) is 0 Å². The topological polar surface area (TPSA) is 75.6 Å². The van der Waals surface area contributed by atoms with Crippen molar-refractivity contribution in [1.82, 2.24) is 25.2 Å². The number of nitrogens with zero attached hydrogens (tertiary/aromatic N) is 5. The molecule has 0 amide bonds. The summed E-state index contributed by atoms with van der Waals surface area (Å²) in [5.74, 6) is 2.81. The molecular weight excluding hydrogens is 598 g/mol. The van der Waals surface area contributed by atoms with E-state index in [0.29, 0.717) is 58.7 Å². The van der Waals surface area contributed by atoms with E-state index in [-0.39, 0.29) is 52.4 Å². The fourth-order valence-corrected chi connectivity index (χ4v) is 9.63. The van der Waals surface area contributed by atoms with E-state index in [9.17, 15) is 4.39 Å². The molecule has 238 valence electrons. The minimum atomic E-state index is -0.652. The molecule has 1 unspecified atom stereocenters. The predicted octanol–water partition coefficient (Wildman–Crippen LogP) is 5.37. The zero-order valence-corrected chi connectivity index (χ0v) is 26.1. The van der Waals surface area contributed by atoms with Gasteiger partial charge in [0.05, 0.1) is 17.1 Å². The highest BCUT2D eigenvalue weighted by atomic mass is 19.1. The molecule has 10 rings (SSSR count). The molecule has 0 spiro atoms. The number of nitrogens with one attached hydrogen (secondary N) is 1. The number of pyridine rings is 1. The molecule has 5 aliphatic heterocycles. The van der Waals surface area contributed by atoms with E-state index in [0.717, 1.165) is 32.2 Å². The van der Waals surface area contributed by atoms with Gasteiger partial charge in [0.2, 0.25) is 5.88 Å². The van der Waals surface area contributed by atoms with Crippen LogP contribution in [0, 0.1) is 29.9 Å². The van der Waals surface area contributed by atoms with Crippen LogP contribution in [0.5, 0.6) is 11.9 Å². The van der Waals surface area contributed by atoms with Gasteiger partial charge in [-0.15, -0.1) is 6.42 Å². The lowest BCUT2D eigenvalue weighted by Gasteiger charge is -2.42. The van der Waals surface area contributed by atoms with Crippen LogP contribution in [-0.4, -0.2) is 75.4 Å². The second-order valence-electron chi connectivity index (χ2n) is 14.5. The van der Waals surface area contributed by atoms with Gasteiger partial charge in [-0.3, -0.25) is 4.90 Å². The van der Waals surface area contributed by atoms with Gasteiger partial charge in [0.25, 0.3) is 0 Å². The summed E-state index contributed by atoms with van der Waals surface area (Å²) in [7, 11) is 0. The summed E-state index contributed by atoms with van der Waals surface area (Å²) in [5.41, 5.74) is 1.59. The molecule has 7 heterocycles. The third-order valence-electron chi connectivity index (χ3n) is 11.6. The van der Waals surface area contributed by atoms with Crippen LogP contribution in [0.25, 0.3) is 32.9 Å². The van der Waals surface area contributed by atoms with Crippen molar-refractivity contribution in [2.24, 2.45) is 5.92 Å². The Labute approximate surface area is 271 Å². The third-order valence-corrected chi connectivity index (χ3v) is 11.6. The molecule has 2 aromatic carbocycles. The van der Waals surface area contributed by atoms with E-state index in [1.54, 1.807) is 18.2 Å². The monoisotopic (exact) mass is 632 g/mol. The lowest BCUT2D eigenvalue weighted by Crippen LogP contribution is -2.62. The van der Waals surface area contributed by atoms with Gasteiger partial charge in [-0.1, -0.05) is 42.3 Å². The van der Waals surface area contributed by atoms with Gasteiger partial charge in [0.15, 0.2) is 5.82 Å². The molecular formula is C37H34F2N6O2. The number of piperidine rings is 1. The maximum Gasteiger partial charge on any atom is 0.319 e. The van der Waals surface area contributed by atoms with Crippen molar-refractivity contribution in [3.63, 3.8) is 0 Å². The summed E-state index contributed by atoms with van der Waals surface area (Å²) < 4.78 is 45.3. The van der Waals surface area contributed by atoms with Crippen LogP contribution in [0.3, 0.4) is 0 Å². The van der Waals surface area contributed by atoms with E-state index < -0.39 is 11.6 Å². The van der Waals surface area contributed by atoms with Gasteiger partial charge < -0.3 is 19.7 Å². The summed E-state index contributed by atoms with van der Waals surface area (Å²) in [6.45, 7) is 8.34. The molecule has 1 aliphatic carbocycles. The number of hydrogen-bond donors (Lipinski definition) is 1. The Hall–Kier alpha value is -4.33. The van der Waals surface area contributed by atoms with Crippen LogP contribution in [0.15, 0.2) is 42.5 Å². The Bertz CT molecular complexity index is 2100. The molecule has 2 aromatic heterocycles. The van der Waals surface area contributed by atoms with Crippen molar-refractivity contribution in [2.45, 2.75) is 74.8 Å². The van der Waals surface area contributed by atoms with E-state index in [1.165, 1.54) is 18.1 Å². The molecule has 7 atom stereocenters. The zero-order chi connectivity index (χ0) is 31.8. The molecule has 1 saturated carbocycles. The molecule has 1 N–H and O–H groups in total. The largest absolute Gasteiger partial charge is 0.472 e. The van der Waals surface area contributed by atoms with Crippen LogP contribution in [0.1, 0.15) is 44.6 Å². The van der Waals surface area contributed by atoms with Crippen LogP contribution in [0.4, 0.5) is 14.6 Å². The molecule has 5 fully saturated rings. The summed E-state index contributed by atoms with van der Waals surface area (Å²) in [5, 5.41) is 5.27. The lowest BCUT2D eigenvalue weighted by molar-refractivity contribution is 0.0866. The quantitative estimate of drug-likeness (QED) is 0.238. The summed E-state index contributed by atoms with van der Waals surface area (Å²) in [6.07, 6.45) is 10.8. The number of piperazine rings is 1. The molecule has 6 aliphatic rings.